The number of carbonyl (C=O) groups is 2. The van der Waals surface area contributed by atoms with Crippen LogP contribution in [0.3, 0.4) is 0 Å². The first-order valence-electron chi connectivity index (χ1n) is 7.56. The summed E-state index contributed by atoms with van der Waals surface area (Å²) in [7, 11) is 0. The molecule has 0 aliphatic heterocycles. The van der Waals surface area contributed by atoms with Gasteiger partial charge in [0.25, 0.3) is 0 Å². The van der Waals surface area contributed by atoms with E-state index in [0.717, 1.165) is 18.2 Å². The lowest BCUT2D eigenvalue weighted by molar-refractivity contribution is -0.117. The van der Waals surface area contributed by atoms with Crippen LogP contribution in [0.1, 0.15) is 20.3 Å². The van der Waals surface area contributed by atoms with Crippen LogP contribution >= 0.6 is 23.1 Å². The first-order valence-corrected chi connectivity index (χ1v) is 9.36. The van der Waals surface area contributed by atoms with Gasteiger partial charge < -0.3 is 10.6 Å². The van der Waals surface area contributed by atoms with E-state index in [0.29, 0.717) is 15.2 Å². The Morgan fingerprint density at radius 3 is 2.80 bits per heavy atom. The van der Waals surface area contributed by atoms with Crippen molar-refractivity contribution in [3.05, 3.63) is 30.1 Å². The molecule has 1 aromatic carbocycles. The van der Waals surface area contributed by atoms with Crippen molar-refractivity contribution >= 4 is 45.9 Å². The number of urea groups is 1. The maximum absolute atomic E-state index is 13.6. The van der Waals surface area contributed by atoms with E-state index in [1.54, 1.807) is 18.2 Å². The number of anilines is 2. The van der Waals surface area contributed by atoms with Crippen LogP contribution in [0.5, 0.6) is 0 Å². The van der Waals surface area contributed by atoms with Crippen LogP contribution in [0.2, 0.25) is 0 Å². The molecule has 0 radical (unpaired) electrons. The summed E-state index contributed by atoms with van der Waals surface area (Å²) in [6, 6.07) is 5.71. The number of hydrogen-bond donors (Lipinski definition) is 3. The summed E-state index contributed by atoms with van der Waals surface area (Å²) in [5.41, 5.74) is 0.301. The lowest BCUT2D eigenvalue weighted by Crippen LogP contribution is -2.43. The third-order valence-electron chi connectivity index (χ3n) is 3.09. The van der Waals surface area contributed by atoms with E-state index in [1.807, 2.05) is 13.8 Å². The van der Waals surface area contributed by atoms with Gasteiger partial charge in [0.2, 0.25) is 11.0 Å². The molecule has 0 unspecified atom stereocenters. The average molecular weight is 383 g/mol. The number of amides is 3. The summed E-state index contributed by atoms with van der Waals surface area (Å²) in [5, 5.41) is 16.0. The van der Waals surface area contributed by atoms with E-state index in [4.69, 9.17) is 0 Å². The van der Waals surface area contributed by atoms with Gasteiger partial charge >= 0.3 is 6.03 Å². The van der Waals surface area contributed by atoms with Gasteiger partial charge in [0.05, 0.1) is 11.4 Å². The van der Waals surface area contributed by atoms with Gasteiger partial charge in [-0.25, -0.2) is 9.18 Å². The fourth-order valence-electron chi connectivity index (χ4n) is 1.65. The van der Waals surface area contributed by atoms with Crippen LogP contribution in [0, 0.1) is 5.82 Å². The Morgan fingerprint density at radius 1 is 1.32 bits per heavy atom. The van der Waals surface area contributed by atoms with Gasteiger partial charge in [-0.2, -0.15) is 0 Å². The number of para-hydroxylation sites is 1. The highest BCUT2D eigenvalue weighted by atomic mass is 32.2. The van der Waals surface area contributed by atoms with Crippen LogP contribution in [0.15, 0.2) is 28.6 Å². The van der Waals surface area contributed by atoms with Crippen LogP contribution in [-0.4, -0.2) is 33.9 Å². The Labute approximate surface area is 152 Å². The lowest BCUT2D eigenvalue weighted by Gasteiger charge is -2.11. The molecule has 3 N–H and O–H groups in total. The number of hydrogen-bond acceptors (Lipinski definition) is 7. The third kappa shape index (κ3) is 6.31. The van der Waals surface area contributed by atoms with E-state index in [9.17, 15) is 14.0 Å². The van der Waals surface area contributed by atoms with Gasteiger partial charge in [0.15, 0.2) is 4.34 Å². The van der Waals surface area contributed by atoms with Crippen LogP contribution in [0.4, 0.5) is 20.0 Å². The molecule has 10 heteroatoms. The molecule has 0 bridgehead atoms. The summed E-state index contributed by atoms with van der Waals surface area (Å²) < 4.78 is 14.1. The fraction of sp³-hybridized carbons (Fsp3) is 0.333. The smallest absolute Gasteiger partial charge is 0.321 e. The average Bonchev–Trinajstić information content (AvgIpc) is 3.02. The molecular weight excluding hydrogens is 365 g/mol. The van der Waals surface area contributed by atoms with Crippen LogP contribution < -0.4 is 16.0 Å². The van der Waals surface area contributed by atoms with E-state index in [2.05, 4.69) is 26.1 Å². The molecule has 1 atom stereocenters. The minimum Gasteiger partial charge on any atom is -0.335 e. The molecule has 1 heterocycles. The van der Waals surface area contributed by atoms with E-state index in [-0.39, 0.29) is 11.8 Å². The van der Waals surface area contributed by atoms with E-state index < -0.39 is 17.8 Å². The molecule has 0 aliphatic carbocycles. The van der Waals surface area contributed by atoms with Crippen LogP contribution in [0.25, 0.3) is 0 Å². The molecule has 0 saturated carbocycles. The SMILES string of the molecule is CC[C@@H](C)NC(=O)NC(=O)CSc1nnc(Nc2ccccc2F)s1. The van der Waals surface area contributed by atoms with Gasteiger partial charge in [-0.1, -0.05) is 42.2 Å². The first kappa shape index (κ1) is 19.1. The minimum atomic E-state index is -0.515. The van der Waals surface area contributed by atoms with Crippen molar-refractivity contribution in [2.45, 2.75) is 30.6 Å². The number of aromatic nitrogens is 2. The number of nitrogens with zero attached hydrogens (tertiary/aromatic N) is 2. The normalized spacial score (nSPS) is 11.6. The Hall–Kier alpha value is -2.20. The molecule has 3 amide bonds. The number of benzene rings is 1. The summed E-state index contributed by atoms with van der Waals surface area (Å²) in [5.74, 6) is -0.786. The summed E-state index contributed by atoms with van der Waals surface area (Å²) >= 11 is 2.34. The summed E-state index contributed by atoms with van der Waals surface area (Å²) in [6.07, 6.45) is 0.777. The third-order valence-corrected chi connectivity index (χ3v) is 5.06. The topological polar surface area (TPSA) is 96.0 Å². The van der Waals surface area contributed by atoms with Gasteiger partial charge in [0.1, 0.15) is 5.82 Å². The Balaban J connectivity index is 1.80. The monoisotopic (exact) mass is 383 g/mol. The predicted octanol–water partition coefficient (Wildman–Crippen LogP) is 3.14. The molecule has 2 rings (SSSR count). The Bertz CT molecular complexity index is 740. The number of nitrogens with one attached hydrogen (secondary N) is 3. The highest BCUT2D eigenvalue weighted by molar-refractivity contribution is 8.01. The first-order chi connectivity index (χ1) is 12.0. The molecule has 134 valence electrons. The molecule has 0 fully saturated rings. The number of halogens is 1. The number of thioether (sulfide) groups is 1. The Morgan fingerprint density at radius 2 is 2.08 bits per heavy atom. The molecule has 0 aliphatic rings. The molecule has 25 heavy (non-hydrogen) atoms. The molecule has 2 aromatic rings. The van der Waals surface area contributed by atoms with Crippen molar-refractivity contribution in [2.75, 3.05) is 11.1 Å². The van der Waals surface area contributed by atoms with Gasteiger partial charge in [-0.05, 0) is 25.5 Å². The zero-order valence-electron chi connectivity index (χ0n) is 13.7. The number of imide groups is 1. The van der Waals surface area contributed by atoms with Crippen molar-refractivity contribution in [1.82, 2.24) is 20.8 Å². The van der Waals surface area contributed by atoms with Crippen molar-refractivity contribution in [1.29, 1.82) is 0 Å². The van der Waals surface area contributed by atoms with Gasteiger partial charge in [-0.3, -0.25) is 10.1 Å². The second-order valence-corrected chi connectivity index (χ2v) is 7.30. The standard InChI is InChI=1S/C15H18FN5O2S2/c1-3-9(2)17-13(23)19-12(22)8-24-15-21-20-14(25-15)18-11-7-5-4-6-10(11)16/h4-7,9H,3,8H2,1-2H3,(H,18,20)(H2,17,19,22,23)/t9-/m1/s1. The van der Waals surface area contributed by atoms with E-state index >= 15 is 0 Å². The molecular formula is C15H18FN5O2S2. The van der Waals surface area contributed by atoms with Crippen molar-refractivity contribution in [3.8, 4) is 0 Å². The van der Waals surface area contributed by atoms with Crippen molar-refractivity contribution in [2.24, 2.45) is 0 Å². The fourth-order valence-corrected chi connectivity index (χ4v) is 3.21. The summed E-state index contributed by atoms with van der Waals surface area (Å²) in [6.45, 7) is 3.79. The maximum atomic E-state index is 13.6. The molecule has 1 aromatic heterocycles. The second kappa shape index (κ2) is 9.33. The van der Waals surface area contributed by atoms with Gasteiger partial charge in [-0.15, -0.1) is 10.2 Å². The number of rotatable bonds is 7. The van der Waals surface area contributed by atoms with Gasteiger partial charge in [0, 0.05) is 6.04 Å². The largest absolute Gasteiger partial charge is 0.335 e. The van der Waals surface area contributed by atoms with Crippen molar-refractivity contribution in [3.63, 3.8) is 0 Å². The highest BCUT2D eigenvalue weighted by Crippen LogP contribution is 2.28. The lowest BCUT2D eigenvalue weighted by atomic mass is 10.3. The summed E-state index contributed by atoms with van der Waals surface area (Å²) in [4.78, 5) is 23.3. The predicted molar refractivity (Wildman–Crippen MR) is 96.7 cm³/mol. The molecule has 0 spiro atoms. The minimum absolute atomic E-state index is 0.00405. The quantitative estimate of drug-likeness (QED) is 0.636. The highest BCUT2D eigenvalue weighted by Gasteiger charge is 2.12. The zero-order chi connectivity index (χ0) is 18.2. The Kier molecular flexibility index (Phi) is 7.14. The van der Waals surface area contributed by atoms with E-state index in [1.165, 1.54) is 17.4 Å². The van der Waals surface area contributed by atoms with Crippen LogP contribution in [-0.2, 0) is 4.79 Å². The molecule has 0 saturated heterocycles. The second-order valence-electron chi connectivity index (χ2n) is 5.10. The van der Waals surface area contributed by atoms with Crippen molar-refractivity contribution < 1.29 is 14.0 Å². The molecule has 7 nitrogen and oxygen atoms in total. The maximum Gasteiger partial charge on any atom is 0.321 e. The zero-order valence-corrected chi connectivity index (χ0v) is 15.3. The number of carbonyl (C=O) groups excluding carboxylic acids is 2.